The van der Waals surface area contributed by atoms with Crippen LogP contribution in [0.3, 0.4) is 0 Å². The molecule has 0 aliphatic carbocycles. The first-order chi connectivity index (χ1) is 7.74. The average molecular weight is 260 g/mol. The number of carboxylic acid groups (broad SMARTS) is 1. The van der Waals surface area contributed by atoms with Gasteiger partial charge in [0.15, 0.2) is 0 Å². The number of halogens is 1. The first-order valence-electron chi connectivity index (χ1n) is 5.45. The number of aryl methyl sites for hydroxylation is 1. The highest BCUT2D eigenvalue weighted by atomic mass is 35.5. The van der Waals surface area contributed by atoms with E-state index in [1.807, 2.05) is 13.8 Å². The molecular weight excluding hydrogens is 242 g/mol. The van der Waals surface area contributed by atoms with Crippen molar-refractivity contribution in [1.82, 2.24) is 15.1 Å². The van der Waals surface area contributed by atoms with Gasteiger partial charge in [0.2, 0.25) is 0 Å². The third kappa shape index (κ3) is 3.44. The van der Waals surface area contributed by atoms with Gasteiger partial charge in [-0.25, -0.2) is 0 Å². The van der Waals surface area contributed by atoms with E-state index in [1.165, 1.54) is 0 Å². The normalized spacial score (nSPS) is 14.9. The predicted octanol–water partition coefficient (Wildman–Crippen LogP) is 1.69. The van der Waals surface area contributed by atoms with Crippen LogP contribution in [0, 0.1) is 6.92 Å². The van der Waals surface area contributed by atoms with E-state index in [9.17, 15) is 9.90 Å². The van der Waals surface area contributed by atoms with Crippen LogP contribution >= 0.6 is 11.6 Å². The molecule has 96 valence electrons. The quantitative estimate of drug-likeness (QED) is 0.844. The number of rotatable bonds is 5. The molecule has 1 atom stereocenters. The van der Waals surface area contributed by atoms with Crippen LogP contribution in [-0.4, -0.2) is 32.4 Å². The largest absolute Gasteiger partial charge is 0.480 e. The third-order valence-electron chi connectivity index (χ3n) is 2.44. The summed E-state index contributed by atoms with van der Waals surface area (Å²) in [6.07, 6.45) is 1.64. The van der Waals surface area contributed by atoms with Gasteiger partial charge in [-0.05, 0) is 27.7 Å². The van der Waals surface area contributed by atoms with Crippen LogP contribution < -0.4 is 5.32 Å². The minimum atomic E-state index is -1.06. The van der Waals surface area contributed by atoms with E-state index >= 15 is 0 Å². The van der Waals surface area contributed by atoms with Crippen molar-refractivity contribution in [3.63, 3.8) is 0 Å². The van der Waals surface area contributed by atoms with Crippen molar-refractivity contribution >= 4 is 17.6 Å². The Labute approximate surface area is 106 Å². The third-order valence-corrected chi connectivity index (χ3v) is 2.82. The summed E-state index contributed by atoms with van der Waals surface area (Å²) in [5, 5.41) is 17.0. The molecule has 0 bridgehead atoms. The molecule has 1 heterocycles. The van der Waals surface area contributed by atoms with E-state index in [-0.39, 0.29) is 12.6 Å². The Kier molecular flexibility index (Phi) is 4.16. The summed E-state index contributed by atoms with van der Waals surface area (Å²) in [5.74, 6) is -0.907. The lowest BCUT2D eigenvalue weighted by Gasteiger charge is -2.28. The Hall–Kier alpha value is -1.07. The van der Waals surface area contributed by atoms with Gasteiger partial charge in [0.1, 0.15) is 5.54 Å². The second kappa shape index (κ2) is 5.06. The molecule has 17 heavy (non-hydrogen) atoms. The smallest absolute Gasteiger partial charge is 0.325 e. The summed E-state index contributed by atoms with van der Waals surface area (Å²) in [6.45, 7) is 7.46. The van der Waals surface area contributed by atoms with Gasteiger partial charge in [0, 0.05) is 12.2 Å². The Morgan fingerprint density at radius 3 is 2.65 bits per heavy atom. The van der Waals surface area contributed by atoms with Crippen molar-refractivity contribution in [3.05, 3.63) is 16.9 Å². The Bertz CT molecular complexity index is 397. The van der Waals surface area contributed by atoms with Crippen molar-refractivity contribution in [1.29, 1.82) is 0 Å². The van der Waals surface area contributed by atoms with Gasteiger partial charge in [-0.15, -0.1) is 0 Å². The SMILES string of the molecule is Cc1nn(CC(C)(NC(C)C)C(=O)O)cc1Cl. The number of nitrogens with zero attached hydrogens (tertiary/aromatic N) is 2. The van der Waals surface area contributed by atoms with Crippen LogP contribution in [0.4, 0.5) is 0 Å². The van der Waals surface area contributed by atoms with E-state index in [4.69, 9.17) is 11.6 Å². The first-order valence-corrected chi connectivity index (χ1v) is 5.83. The van der Waals surface area contributed by atoms with Crippen molar-refractivity contribution in [3.8, 4) is 0 Å². The molecular formula is C11H18ClN3O2. The Morgan fingerprint density at radius 2 is 2.29 bits per heavy atom. The van der Waals surface area contributed by atoms with Crippen LogP contribution in [0.2, 0.25) is 5.02 Å². The molecule has 0 radical (unpaired) electrons. The highest BCUT2D eigenvalue weighted by molar-refractivity contribution is 6.31. The molecule has 0 amide bonds. The van der Waals surface area contributed by atoms with E-state index in [0.29, 0.717) is 10.7 Å². The maximum Gasteiger partial charge on any atom is 0.325 e. The number of carboxylic acids is 1. The summed E-state index contributed by atoms with van der Waals surface area (Å²) in [4.78, 5) is 11.3. The van der Waals surface area contributed by atoms with Crippen LogP contribution in [-0.2, 0) is 11.3 Å². The van der Waals surface area contributed by atoms with Gasteiger partial charge >= 0.3 is 5.97 Å². The number of hydrogen-bond donors (Lipinski definition) is 2. The molecule has 0 spiro atoms. The standard InChI is InChI=1S/C11H18ClN3O2/c1-7(2)13-11(4,10(16)17)6-15-5-9(12)8(3)14-15/h5,7,13H,6H2,1-4H3,(H,16,17). The zero-order valence-corrected chi connectivity index (χ0v) is 11.2. The van der Waals surface area contributed by atoms with E-state index in [1.54, 1.807) is 24.7 Å². The molecule has 0 fully saturated rings. The zero-order chi connectivity index (χ0) is 13.2. The summed E-state index contributed by atoms with van der Waals surface area (Å²) in [5.41, 5.74) is -0.361. The molecule has 1 aromatic heterocycles. The average Bonchev–Trinajstić information content (AvgIpc) is 2.43. The van der Waals surface area contributed by atoms with Crippen LogP contribution in [0.25, 0.3) is 0 Å². The van der Waals surface area contributed by atoms with E-state index < -0.39 is 11.5 Å². The minimum absolute atomic E-state index is 0.0724. The molecule has 0 saturated heterocycles. The fourth-order valence-corrected chi connectivity index (χ4v) is 1.86. The maximum atomic E-state index is 11.3. The predicted molar refractivity (Wildman–Crippen MR) is 66.3 cm³/mol. The number of nitrogens with one attached hydrogen (secondary N) is 1. The summed E-state index contributed by atoms with van der Waals surface area (Å²) in [6, 6.07) is 0.0724. The molecule has 1 unspecified atom stereocenters. The van der Waals surface area contributed by atoms with Gasteiger partial charge < -0.3 is 5.11 Å². The zero-order valence-electron chi connectivity index (χ0n) is 10.5. The summed E-state index contributed by atoms with van der Waals surface area (Å²) >= 11 is 5.89. The molecule has 1 rings (SSSR count). The van der Waals surface area contributed by atoms with Gasteiger partial charge in [-0.2, -0.15) is 5.10 Å². The lowest BCUT2D eigenvalue weighted by atomic mass is 10.0. The Morgan fingerprint density at radius 1 is 1.71 bits per heavy atom. The first kappa shape index (κ1) is 14.0. The second-order valence-electron chi connectivity index (χ2n) is 4.70. The van der Waals surface area contributed by atoms with Gasteiger partial charge in [0.05, 0.1) is 17.3 Å². The number of aromatic nitrogens is 2. The molecule has 2 N–H and O–H groups in total. The van der Waals surface area contributed by atoms with Crippen molar-refractivity contribution in [2.75, 3.05) is 0 Å². The van der Waals surface area contributed by atoms with Crippen molar-refractivity contribution < 1.29 is 9.90 Å². The van der Waals surface area contributed by atoms with Crippen molar-refractivity contribution in [2.45, 2.75) is 45.8 Å². The van der Waals surface area contributed by atoms with Gasteiger partial charge in [-0.3, -0.25) is 14.8 Å². The topological polar surface area (TPSA) is 67.2 Å². The number of aliphatic carboxylic acids is 1. The van der Waals surface area contributed by atoms with Crippen LogP contribution in [0.1, 0.15) is 26.5 Å². The number of carbonyl (C=O) groups is 1. The van der Waals surface area contributed by atoms with Crippen LogP contribution in [0.15, 0.2) is 6.20 Å². The van der Waals surface area contributed by atoms with E-state index in [0.717, 1.165) is 0 Å². The molecule has 0 aliphatic rings. The van der Waals surface area contributed by atoms with E-state index in [2.05, 4.69) is 10.4 Å². The Balaban J connectivity index is 2.90. The lowest BCUT2D eigenvalue weighted by molar-refractivity contribution is -0.145. The maximum absolute atomic E-state index is 11.3. The molecule has 0 aliphatic heterocycles. The molecule has 0 saturated carbocycles. The van der Waals surface area contributed by atoms with Crippen LogP contribution in [0.5, 0.6) is 0 Å². The monoisotopic (exact) mass is 259 g/mol. The fraction of sp³-hybridized carbons (Fsp3) is 0.636. The molecule has 6 heteroatoms. The molecule has 1 aromatic rings. The van der Waals surface area contributed by atoms with Gasteiger partial charge in [-0.1, -0.05) is 11.6 Å². The molecule has 0 aromatic carbocycles. The lowest BCUT2D eigenvalue weighted by Crippen LogP contribution is -2.55. The summed E-state index contributed by atoms with van der Waals surface area (Å²) < 4.78 is 1.56. The highest BCUT2D eigenvalue weighted by Crippen LogP contribution is 2.15. The number of hydrogen-bond acceptors (Lipinski definition) is 3. The second-order valence-corrected chi connectivity index (χ2v) is 5.10. The van der Waals surface area contributed by atoms with Crippen molar-refractivity contribution in [2.24, 2.45) is 0 Å². The minimum Gasteiger partial charge on any atom is -0.480 e. The highest BCUT2D eigenvalue weighted by Gasteiger charge is 2.34. The van der Waals surface area contributed by atoms with Gasteiger partial charge in [0.25, 0.3) is 0 Å². The summed E-state index contributed by atoms with van der Waals surface area (Å²) in [7, 11) is 0. The fourth-order valence-electron chi connectivity index (χ4n) is 1.71. The molecule has 5 nitrogen and oxygen atoms in total.